The molecular formula is C20H18F5N7O3. The number of carbonyl (C=O) groups is 2. The minimum absolute atomic E-state index is 0.00180. The van der Waals surface area contributed by atoms with Crippen LogP contribution in [0, 0.1) is 0 Å². The normalized spacial score (nSPS) is 18.4. The number of fused-ring (bicyclic) bond motifs is 2. The van der Waals surface area contributed by atoms with Crippen molar-refractivity contribution in [3.8, 4) is 11.5 Å². The van der Waals surface area contributed by atoms with Gasteiger partial charge in [-0.3, -0.25) is 14.5 Å². The molecule has 3 aromatic heterocycles. The number of nitrogens with two attached hydrogens (primary N) is 1. The van der Waals surface area contributed by atoms with Crippen molar-refractivity contribution in [3.63, 3.8) is 0 Å². The molecule has 1 aliphatic heterocycles. The molecule has 0 aliphatic carbocycles. The van der Waals surface area contributed by atoms with Crippen LogP contribution in [0.15, 0.2) is 18.3 Å². The lowest BCUT2D eigenvalue weighted by Crippen LogP contribution is -2.44. The number of hydrogen-bond acceptors (Lipinski definition) is 7. The number of rotatable bonds is 6. The SMILES string of the molecule is CCN1C(=O)C(C)(C(=O)O)c2c(N)nc(-c3nn(CCC(F)(F)C(F)(F)F)c4ncccc34)nc21. The number of alkyl halides is 5. The zero-order valence-corrected chi connectivity index (χ0v) is 18.3. The number of aryl methyl sites for hydroxylation is 1. The molecule has 0 aromatic carbocycles. The highest BCUT2D eigenvalue weighted by atomic mass is 19.4. The molecule has 3 N–H and O–H groups in total. The largest absolute Gasteiger partial charge is 0.480 e. The van der Waals surface area contributed by atoms with Crippen LogP contribution in [0.2, 0.25) is 0 Å². The highest BCUT2D eigenvalue weighted by Crippen LogP contribution is 2.45. The Morgan fingerprint density at radius 3 is 2.51 bits per heavy atom. The molecule has 1 aliphatic rings. The third-order valence-corrected chi connectivity index (χ3v) is 5.86. The number of anilines is 2. The van der Waals surface area contributed by atoms with Crippen LogP contribution >= 0.6 is 0 Å². The summed E-state index contributed by atoms with van der Waals surface area (Å²) in [7, 11) is 0. The van der Waals surface area contributed by atoms with Crippen molar-refractivity contribution in [3.05, 3.63) is 23.9 Å². The van der Waals surface area contributed by atoms with Crippen LogP contribution in [0.5, 0.6) is 0 Å². The molecule has 0 saturated heterocycles. The molecule has 0 saturated carbocycles. The van der Waals surface area contributed by atoms with Gasteiger partial charge in [0, 0.05) is 25.7 Å². The number of nitrogen functional groups attached to an aromatic ring is 1. The molecule has 0 spiro atoms. The van der Waals surface area contributed by atoms with E-state index >= 15 is 0 Å². The number of carboxylic acids is 1. The van der Waals surface area contributed by atoms with Gasteiger partial charge in [-0.25, -0.2) is 19.6 Å². The number of amides is 1. The summed E-state index contributed by atoms with van der Waals surface area (Å²) in [5, 5.41) is 14.1. The van der Waals surface area contributed by atoms with Gasteiger partial charge in [0.25, 0.3) is 0 Å². The van der Waals surface area contributed by atoms with Crippen molar-refractivity contribution in [2.75, 3.05) is 17.2 Å². The molecule has 1 atom stereocenters. The predicted molar refractivity (Wildman–Crippen MR) is 112 cm³/mol. The number of aromatic nitrogens is 5. The van der Waals surface area contributed by atoms with Gasteiger partial charge in [0.2, 0.25) is 5.91 Å². The van der Waals surface area contributed by atoms with Gasteiger partial charge in [-0.2, -0.15) is 27.1 Å². The second kappa shape index (κ2) is 7.81. The molecule has 3 aromatic rings. The lowest BCUT2D eigenvalue weighted by molar-refractivity contribution is -0.285. The summed E-state index contributed by atoms with van der Waals surface area (Å²) < 4.78 is 65.7. The Morgan fingerprint density at radius 2 is 1.91 bits per heavy atom. The van der Waals surface area contributed by atoms with Crippen LogP contribution in [-0.4, -0.2) is 60.4 Å². The van der Waals surface area contributed by atoms with Gasteiger partial charge in [0.1, 0.15) is 17.3 Å². The fourth-order valence-electron chi connectivity index (χ4n) is 3.93. The Labute approximate surface area is 193 Å². The van der Waals surface area contributed by atoms with E-state index in [2.05, 4.69) is 20.1 Å². The highest BCUT2D eigenvalue weighted by Gasteiger charge is 2.57. The van der Waals surface area contributed by atoms with E-state index < -0.39 is 42.4 Å². The monoisotopic (exact) mass is 499 g/mol. The molecule has 4 heterocycles. The van der Waals surface area contributed by atoms with Crippen molar-refractivity contribution in [2.24, 2.45) is 0 Å². The van der Waals surface area contributed by atoms with E-state index in [-0.39, 0.29) is 46.3 Å². The lowest BCUT2D eigenvalue weighted by Gasteiger charge is -2.19. The first-order chi connectivity index (χ1) is 16.2. The topological polar surface area (TPSA) is 140 Å². The fourth-order valence-corrected chi connectivity index (χ4v) is 3.93. The fraction of sp³-hybridized carbons (Fsp3) is 0.400. The van der Waals surface area contributed by atoms with Crippen molar-refractivity contribution in [1.29, 1.82) is 0 Å². The van der Waals surface area contributed by atoms with Gasteiger partial charge in [0.05, 0.1) is 10.9 Å². The zero-order valence-electron chi connectivity index (χ0n) is 18.3. The Kier molecular flexibility index (Phi) is 5.41. The quantitative estimate of drug-likeness (QED) is 0.390. The van der Waals surface area contributed by atoms with Crippen LogP contribution in [0.4, 0.5) is 33.6 Å². The smallest absolute Gasteiger partial charge is 0.453 e. The van der Waals surface area contributed by atoms with E-state index in [1.54, 1.807) is 6.92 Å². The number of carbonyl (C=O) groups excluding carboxylic acids is 1. The van der Waals surface area contributed by atoms with Crippen LogP contribution in [-0.2, 0) is 21.5 Å². The van der Waals surface area contributed by atoms with Gasteiger partial charge >= 0.3 is 18.1 Å². The molecule has 0 bridgehead atoms. The second-order valence-corrected chi connectivity index (χ2v) is 8.01. The molecule has 186 valence electrons. The van der Waals surface area contributed by atoms with Crippen molar-refractivity contribution in [2.45, 2.75) is 44.3 Å². The average molecular weight is 499 g/mol. The number of halogens is 5. The number of nitrogens with zero attached hydrogens (tertiary/aromatic N) is 6. The summed E-state index contributed by atoms with van der Waals surface area (Å²) in [6.07, 6.45) is -6.00. The van der Waals surface area contributed by atoms with E-state index in [1.807, 2.05) is 0 Å². The minimum atomic E-state index is -5.73. The Hall–Kier alpha value is -3.91. The van der Waals surface area contributed by atoms with Gasteiger partial charge in [-0.1, -0.05) is 0 Å². The third kappa shape index (κ3) is 3.52. The summed E-state index contributed by atoms with van der Waals surface area (Å²) in [4.78, 5) is 38.3. The number of likely N-dealkylation sites (N-methyl/N-ethyl adjacent to an activating group) is 1. The summed E-state index contributed by atoms with van der Waals surface area (Å²) in [6, 6.07) is 2.97. The van der Waals surface area contributed by atoms with E-state index in [4.69, 9.17) is 5.73 Å². The maximum absolute atomic E-state index is 13.5. The van der Waals surface area contributed by atoms with E-state index in [0.717, 1.165) is 9.58 Å². The molecule has 35 heavy (non-hydrogen) atoms. The maximum atomic E-state index is 13.5. The van der Waals surface area contributed by atoms with Crippen LogP contribution < -0.4 is 10.6 Å². The molecule has 15 heteroatoms. The summed E-state index contributed by atoms with van der Waals surface area (Å²) in [5.74, 6) is -7.71. The van der Waals surface area contributed by atoms with Crippen LogP contribution in [0.25, 0.3) is 22.6 Å². The predicted octanol–water partition coefficient (Wildman–Crippen LogP) is 2.77. The Bertz CT molecular complexity index is 1360. The average Bonchev–Trinajstić information content (AvgIpc) is 3.25. The molecule has 4 rings (SSSR count). The minimum Gasteiger partial charge on any atom is -0.480 e. The number of aliphatic carboxylic acids is 1. The highest BCUT2D eigenvalue weighted by molar-refractivity contribution is 6.20. The zero-order chi connectivity index (χ0) is 25.9. The molecule has 10 nitrogen and oxygen atoms in total. The number of carboxylic acid groups (broad SMARTS) is 1. The van der Waals surface area contributed by atoms with E-state index in [1.165, 1.54) is 25.3 Å². The number of pyridine rings is 1. The van der Waals surface area contributed by atoms with Crippen molar-refractivity contribution in [1.82, 2.24) is 24.7 Å². The van der Waals surface area contributed by atoms with Gasteiger partial charge < -0.3 is 10.8 Å². The summed E-state index contributed by atoms with van der Waals surface area (Å²) >= 11 is 0. The van der Waals surface area contributed by atoms with Crippen LogP contribution in [0.1, 0.15) is 25.8 Å². The van der Waals surface area contributed by atoms with E-state index in [9.17, 15) is 36.6 Å². The summed E-state index contributed by atoms with van der Waals surface area (Å²) in [6.45, 7) is 2.02. The van der Waals surface area contributed by atoms with Crippen molar-refractivity contribution < 1.29 is 36.6 Å². The van der Waals surface area contributed by atoms with Gasteiger partial charge in [-0.05, 0) is 26.0 Å². The first-order valence-corrected chi connectivity index (χ1v) is 10.2. The molecule has 1 amide bonds. The molecule has 0 fully saturated rings. The van der Waals surface area contributed by atoms with Crippen molar-refractivity contribution >= 4 is 34.5 Å². The van der Waals surface area contributed by atoms with Gasteiger partial charge in [-0.15, -0.1) is 0 Å². The molecular weight excluding hydrogens is 481 g/mol. The number of hydrogen-bond donors (Lipinski definition) is 2. The summed E-state index contributed by atoms with van der Waals surface area (Å²) in [5.41, 5.74) is 3.88. The lowest BCUT2D eigenvalue weighted by atomic mass is 9.84. The second-order valence-electron chi connectivity index (χ2n) is 8.01. The molecule has 1 unspecified atom stereocenters. The van der Waals surface area contributed by atoms with Gasteiger partial charge in [0.15, 0.2) is 16.9 Å². The first kappa shape index (κ1) is 24.2. The third-order valence-electron chi connectivity index (χ3n) is 5.86. The molecule has 0 radical (unpaired) electrons. The first-order valence-electron chi connectivity index (χ1n) is 10.2. The van der Waals surface area contributed by atoms with Crippen LogP contribution in [0.3, 0.4) is 0 Å². The van der Waals surface area contributed by atoms with E-state index in [0.29, 0.717) is 0 Å². The maximum Gasteiger partial charge on any atom is 0.453 e. The standard InChI is InChI=1S/C20H18F5N7O3/c1-3-31-15-10(18(2,16(31)33)17(34)35)12(26)28-13(29-15)11-9-5-4-7-27-14(9)32(30-11)8-6-19(21,22)20(23,24)25/h4-5,7H,3,6,8H2,1-2H3,(H,34,35)(H2,26,28,29). The Balaban J connectivity index is 1.85. The Morgan fingerprint density at radius 1 is 1.23 bits per heavy atom.